The summed E-state index contributed by atoms with van der Waals surface area (Å²) in [6, 6.07) is 12.7. The van der Waals surface area contributed by atoms with E-state index < -0.39 is 5.60 Å². The summed E-state index contributed by atoms with van der Waals surface area (Å²) in [5.41, 5.74) is 1.15. The summed E-state index contributed by atoms with van der Waals surface area (Å²) in [6.07, 6.45) is 1.42. The van der Waals surface area contributed by atoms with Gasteiger partial charge < -0.3 is 19.6 Å². The fourth-order valence-corrected chi connectivity index (χ4v) is 4.31. The zero-order valence-electron chi connectivity index (χ0n) is 16.3. The number of nitrogens with zero attached hydrogens (tertiary/aromatic N) is 2. The maximum Gasteiger partial charge on any atom is 0.174 e. The third-order valence-corrected chi connectivity index (χ3v) is 5.93. The Morgan fingerprint density at radius 2 is 1.82 bits per heavy atom. The molecule has 0 radical (unpaired) electrons. The Balaban J connectivity index is 1.84. The van der Waals surface area contributed by atoms with Gasteiger partial charge in [-0.3, -0.25) is 0 Å². The second-order valence-corrected chi connectivity index (χ2v) is 8.08. The molecule has 1 saturated heterocycles. The van der Waals surface area contributed by atoms with Crippen LogP contribution in [-0.4, -0.2) is 50.4 Å². The topological polar surface area (TPSA) is 54.3 Å². The lowest BCUT2D eigenvalue weighted by molar-refractivity contribution is -0.0950. The highest BCUT2D eigenvalue weighted by atomic mass is 32.2. The van der Waals surface area contributed by atoms with Crippen LogP contribution in [0.5, 0.6) is 0 Å². The first-order chi connectivity index (χ1) is 13.5. The third-order valence-electron chi connectivity index (χ3n) is 4.96. The van der Waals surface area contributed by atoms with E-state index in [2.05, 4.69) is 5.16 Å². The van der Waals surface area contributed by atoms with E-state index in [4.69, 9.17) is 14.7 Å². The van der Waals surface area contributed by atoms with Crippen molar-refractivity contribution in [2.24, 2.45) is 5.16 Å². The molecule has 1 heterocycles. The summed E-state index contributed by atoms with van der Waals surface area (Å²) in [5, 5.41) is 12.5. The highest BCUT2D eigenvalue weighted by Crippen LogP contribution is 2.38. The average Bonchev–Trinajstić information content (AvgIpc) is 2.69. The van der Waals surface area contributed by atoms with Crippen molar-refractivity contribution < 1.29 is 19.1 Å². The van der Waals surface area contributed by atoms with Crippen molar-refractivity contribution in [3.63, 3.8) is 0 Å². The van der Waals surface area contributed by atoms with E-state index in [-0.39, 0.29) is 5.82 Å². The zero-order valence-corrected chi connectivity index (χ0v) is 17.1. The monoisotopic (exact) mass is 404 g/mol. The quantitative estimate of drug-likeness (QED) is 0.348. The Labute approximate surface area is 169 Å². The van der Waals surface area contributed by atoms with Crippen LogP contribution in [0.1, 0.15) is 24.0 Å². The Bertz CT molecular complexity index is 834. The van der Waals surface area contributed by atoms with Gasteiger partial charge in [0.1, 0.15) is 5.82 Å². The van der Waals surface area contributed by atoms with E-state index in [1.165, 1.54) is 17.8 Å². The molecule has 0 spiro atoms. The zero-order chi connectivity index (χ0) is 20.1. The molecular formula is C21H25FN2O3S. The summed E-state index contributed by atoms with van der Waals surface area (Å²) in [6.45, 7) is 1.21. The molecule has 0 aliphatic carbocycles. The molecule has 28 heavy (non-hydrogen) atoms. The lowest BCUT2D eigenvalue weighted by Gasteiger charge is -2.36. The van der Waals surface area contributed by atoms with Gasteiger partial charge in [-0.2, -0.15) is 0 Å². The molecule has 3 rings (SSSR count). The van der Waals surface area contributed by atoms with Crippen LogP contribution >= 0.6 is 11.8 Å². The molecular weight excluding hydrogens is 379 g/mol. The summed E-state index contributed by atoms with van der Waals surface area (Å²) in [7, 11) is 5.30. The van der Waals surface area contributed by atoms with Crippen molar-refractivity contribution in [2.75, 3.05) is 34.4 Å². The second kappa shape index (κ2) is 8.94. The van der Waals surface area contributed by atoms with Crippen molar-refractivity contribution in [3.05, 3.63) is 59.4 Å². The SMILES string of the molecule is COC1(c2cc(F)cc(Sc3ccc(C(=NO)N(C)C)cc3)c2)CCOCC1. The molecule has 1 fully saturated rings. The third kappa shape index (κ3) is 4.48. The summed E-state index contributed by atoms with van der Waals surface area (Å²) in [5.74, 6) is 0.202. The number of halogens is 1. The van der Waals surface area contributed by atoms with Gasteiger partial charge >= 0.3 is 0 Å². The van der Waals surface area contributed by atoms with Crippen LogP contribution in [0.2, 0.25) is 0 Å². The Kier molecular flexibility index (Phi) is 6.59. The molecule has 150 valence electrons. The van der Waals surface area contributed by atoms with E-state index in [0.717, 1.165) is 20.9 Å². The van der Waals surface area contributed by atoms with Crippen molar-refractivity contribution >= 4 is 17.6 Å². The van der Waals surface area contributed by atoms with Crippen LogP contribution in [0, 0.1) is 5.82 Å². The molecule has 0 aromatic heterocycles. The van der Waals surface area contributed by atoms with E-state index in [1.54, 1.807) is 18.1 Å². The first-order valence-electron chi connectivity index (χ1n) is 9.09. The van der Waals surface area contributed by atoms with E-state index in [1.807, 2.05) is 44.4 Å². The molecule has 0 saturated carbocycles. The number of ether oxygens (including phenoxy) is 2. The Morgan fingerprint density at radius 1 is 1.14 bits per heavy atom. The van der Waals surface area contributed by atoms with Gasteiger partial charge in [0.15, 0.2) is 5.84 Å². The van der Waals surface area contributed by atoms with Gasteiger partial charge in [-0.15, -0.1) is 0 Å². The van der Waals surface area contributed by atoms with Gasteiger partial charge in [-0.1, -0.05) is 29.1 Å². The van der Waals surface area contributed by atoms with Gasteiger partial charge in [0.2, 0.25) is 0 Å². The largest absolute Gasteiger partial charge is 0.409 e. The van der Waals surface area contributed by atoms with Gasteiger partial charge in [-0.25, -0.2) is 4.39 Å². The van der Waals surface area contributed by atoms with Crippen molar-refractivity contribution in [1.82, 2.24) is 4.90 Å². The average molecular weight is 405 g/mol. The molecule has 0 amide bonds. The minimum atomic E-state index is -0.502. The summed E-state index contributed by atoms with van der Waals surface area (Å²) in [4.78, 5) is 3.52. The lowest BCUT2D eigenvalue weighted by Crippen LogP contribution is -2.35. The predicted octanol–water partition coefficient (Wildman–Crippen LogP) is 4.33. The molecule has 0 unspecified atom stereocenters. The molecule has 2 aromatic carbocycles. The maximum atomic E-state index is 14.3. The molecule has 2 aromatic rings. The van der Waals surface area contributed by atoms with Gasteiger partial charge in [0.25, 0.3) is 0 Å². The predicted molar refractivity (Wildman–Crippen MR) is 108 cm³/mol. The van der Waals surface area contributed by atoms with Crippen molar-refractivity contribution in [2.45, 2.75) is 28.2 Å². The normalized spacial score (nSPS) is 16.8. The Hall–Kier alpha value is -2.09. The summed E-state index contributed by atoms with van der Waals surface area (Å²) < 4.78 is 25.6. The highest BCUT2D eigenvalue weighted by molar-refractivity contribution is 7.99. The van der Waals surface area contributed by atoms with Crippen molar-refractivity contribution in [1.29, 1.82) is 0 Å². The van der Waals surface area contributed by atoms with Gasteiger partial charge in [-0.05, 0) is 35.9 Å². The van der Waals surface area contributed by atoms with E-state index in [0.29, 0.717) is 31.9 Å². The Morgan fingerprint density at radius 3 is 2.39 bits per heavy atom. The van der Waals surface area contributed by atoms with Crippen LogP contribution in [-0.2, 0) is 15.1 Å². The number of rotatable bonds is 5. The van der Waals surface area contributed by atoms with Crippen LogP contribution in [0.3, 0.4) is 0 Å². The number of amidine groups is 1. The fourth-order valence-electron chi connectivity index (χ4n) is 3.41. The molecule has 7 heteroatoms. The van der Waals surface area contributed by atoms with E-state index in [9.17, 15) is 4.39 Å². The molecule has 0 atom stereocenters. The van der Waals surface area contributed by atoms with Gasteiger partial charge in [0, 0.05) is 62.6 Å². The second-order valence-electron chi connectivity index (χ2n) is 6.93. The standard InChI is InChI=1S/C21H25FN2O3S/c1-24(2)20(23-25)15-4-6-18(7-5-15)28-19-13-16(12-17(22)14-19)21(26-3)8-10-27-11-9-21/h4-7,12-14,25H,8-11H2,1-3H3. The first-order valence-corrected chi connectivity index (χ1v) is 9.91. The minimum Gasteiger partial charge on any atom is -0.409 e. The summed E-state index contributed by atoms with van der Waals surface area (Å²) >= 11 is 1.48. The number of methoxy groups -OCH3 is 1. The maximum absolute atomic E-state index is 14.3. The number of benzene rings is 2. The van der Waals surface area contributed by atoms with Crippen molar-refractivity contribution in [3.8, 4) is 0 Å². The lowest BCUT2D eigenvalue weighted by atomic mass is 9.86. The fraction of sp³-hybridized carbons (Fsp3) is 0.381. The molecule has 1 aliphatic rings. The first kappa shape index (κ1) is 20.6. The van der Waals surface area contributed by atoms with Crippen LogP contribution in [0.4, 0.5) is 4.39 Å². The van der Waals surface area contributed by atoms with Crippen LogP contribution < -0.4 is 0 Å². The van der Waals surface area contributed by atoms with Crippen LogP contribution in [0.15, 0.2) is 57.4 Å². The molecule has 1 aliphatic heterocycles. The van der Waals surface area contributed by atoms with E-state index >= 15 is 0 Å². The smallest absolute Gasteiger partial charge is 0.174 e. The molecule has 0 bridgehead atoms. The molecule has 1 N–H and O–H groups in total. The number of hydrogen-bond donors (Lipinski definition) is 1. The molecule has 5 nitrogen and oxygen atoms in total. The highest BCUT2D eigenvalue weighted by Gasteiger charge is 2.35. The minimum absolute atomic E-state index is 0.276. The number of hydrogen-bond acceptors (Lipinski definition) is 5. The van der Waals surface area contributed by atoms with Crippen LogP contribution in [0.25, 0.3) is 0 Å². The number of oxime groups is 1. The van der Waals surface area contributed by atoms with Gasteiger partial charge in [0.05, 0.1) is 5.60 Å².